The molecular weight excluding hydrogens is 219 g/mol. The molecule has 2 rings (SSSR count). The summed E-state index contributed by atoms with van der Waals surface area (Å²) in [5.74, 6) is -0.535. The standard InChI is InChI=1S/C13H17FN2O/c1-16-5-4-13(17)11(8-16)10-6-9(7-15)2-3-12(10)14/h2-3,6,11H,4-5,7-8,15H2,1H3. The second-order valence-electron chi connectivity index (χ2n) is 4.59. The van der Waals surface area contributed by atoms with Crippen molar-refractivity contribution in [1.29, 1.82) is 0 Å². The molecule has 1 unspecified atom stereocenters. The molecule has 0 aliphatic carbocycles. The molecule has 92 valence electrons. The van der Waals surface area contributed by atoms with Crippen molar-refractivity contribution in [2.75, 3.05) is 20.1 Å². The van der Waals surface area contributed by atoms with E-state index in [1.807, 2.05) is 7.05 Å². The first-order valence-electron chi connectivity index (χ1n) is 5.81. The Morgan fingerprint density at radius 3 is 3.00 bits per heavy atom. The number of Topliss-reactive ketones (excluding diaryl/α,β-unsaturated/α-hetero) is 1. The van der Waals surface area contributed by atoms with Crippen LogP contribution in [0.4, 0.5) is 4.39 Å². The molecule has 0 amide bonds. The average Bonchev–Trinajstić information content (AvgIpc) is 2.33. The zero-order valence-corrected chi connectivity index (χ0v) is 9.95. The van der Waals surface area contributed by atoms with Crippen molar-refractivity contribution in [3.05, 3.63) is 35.1 Å². The third-order valence-corrected chi connectivity index (χ3v) is 3.29. The Labute approximate surface area is 100 Å². The van der Waals surface area contributed by atoms with E-state index in [0.717, 1.165) is 12.1 Å². The van der Waals surface area contributed by atoms with Crippen molar-refractivity contribution in [3.63, 3.8) is 0 Å². The number of rotatable bonds is 2. The van der Waals surface area contributed by atoms with E-state index in [4.69, 9.17) is 5.73 Å². The molecular formula is C13H17FN2O. The van der Waals surface area contributed by atoms with Crippen LogP contribution < -0.4 is 5.73 Å². The van der Waals surface area contributed by atoms with Gasteiger partial charge in [-0.05, 0) is 24.2 Å². The van der Waals surface area contributed by atoms with Crippen LogP contribution in [-0.4, -0.2) is 30.8 Å². The molecule has 1 aliphatic rings. The van der Waals surface area contributed by atoms with Crippen LogP contribution in [0.1, 0.15) is 23.5 Å². The number of benzene rings is 1. The first-order chi connectivity index (χ1) is 8.11. The summed E-state index contributed by atoms with van der Waals surface area (Å²) in [7, 11) is 1.95. The number of hydrogen-bond acceptors (Lipinski definition) is 3. The van der Waals surface area contributed by atoms with Gasteiger partial charge in [-0.1, -0.05) is 12.1 Å². The van der Waals surface area contributed by atoms with Gasteiger partial charge >= 0.3 is 0 Å². The van der Waals surface area contributed by atoms with E-state index < -0.39 is 0 Å². The van der Waals surface area contributed by atoms with E-state index in [2.05, 4.69) is 4.90 Å². The lowest BCUT2D eigenvalue weighted by Crippen LogP contribution is -2.37. The summed E-state index contributed by atoms with van der Waals surface area (Å²) in [6.07, 6.45) is 0.494. The van der Waals surface area contributed by atoms with Gasteiger partial charge in [-0.25, -0.2) is 4.39 Å². The molecule has 4 heteroatoms. The fourth-order valence-corrected chi connectivity index (χ4v) is 2.24. The topological polar surface area (TPSA) is 46.3 Å². The summed E-state index contributed by atoms with van der Waals surface area (Å²) in [6.45, 7) is 1.71. The Morgan fingerprint density at radius 1 is 1.53 bits per heavy atom. The molecule has 1 aromatic rings. The number of likely N-dealkylation sites (tertiary alicyclic amines) is 1. The molecule has 1 atom stereocenters. The maximum Gasteiger partial charge on any atom is 0.143 e. The fourth-order valence-electron chi connectivity index (χ4n) is 2.24. The van der Waals surface area contributed by atoms with E-state index in [-0.39, 0.29) is 17.5 Å². The normalized spacial score (nSPS) is 21.8. The van der Waals surface area contributed by atoms with Gasteiger partial charge in [0.25, 0.3) is 0 Å². The van der Waals surface area contributed by atoms with E-state index in [0.29, 0.717) is 25.1 Å². The molecule has 1 fully saturated rings. The second-order valence-corrected chi connectivity index (χ2v) is 4.59. The Hall–Kier alpha value is -1.26. The van der Waals surface area contributed by atoms with Gasteiger partial charge in [0.15, 0.2) is 0 Å². The van der Waals surface area contributed by atoms with Gasteiger partial charge in [-0.2, -0.15) is 0 Å². The van der Waals surface area contributed by atoms with E-state index in [1.165, 1.54) is 6.07 Å². The molecule has 3 nitrogen and oxygen atoms in total. The lowest BCUT2D eigenvalue weighted by Gasteiger charge is -2.29. The molecule has 0 radical (unpaired) electrons. The predicted molar refractivity (Wildman–Crippen MR) is 64.2 cm³/mol. The fraction of sp³-hybridized carbons (Fsp3) is 0.462. The molecule has 1 aliphatic heterocycles. The second kappa shape index (κ2) is 4.94. The van der Waals surface area contributed by atoms with Gasteiger partial charge in [0, 0.05) is 26.1 Å². The van der Waals surface area contributed by atoms with Crippen molar-refractivity contribution in [2.24, 2.45) is 5.73 Å². The average molecular weight is 236 g/mol. The number of likely N-dealkylation sites (N-methyl/N-ethyl adjacent to an activating group) is 1. The van der Waals surface area contributed by atoms with Gasteiger partial charge < -0.3 is 10.6 Å². The quantitative estimate of drug-likeness (QED) is 0.841. The largest absolute Gasteiger partial charge is 0.326 e. The summed E-state index contributed by atoms with van der Waals surface area (Å²) in [6, 6.07) is 4.78. The number of carbonyl (C=O) groups is 1. The third-order valence-electron chi connectivity index (χ3n) is 3.29. The molecule has 0 aromatic heterocycles. The SMILES string of the molecule is CN1CCC(=O)C(c2cc(CN)ccc2F)C1. The number of piperidine rings is 1. The molecule has 1 saturated heterocycles. The Bertz CT molecular complexity index is 433. The van der Waals surface area contributed by atoms with Crippen molar-refractivity contribution in [3.8, 4) is 0 Å². The Kier molecular flexibility index (Phi) is 3.54. The molecule has 0 bridgehead atoms. The van der Waals surface area contributed by atoms with Crippen LogP contribution in [0.25, 0.3) is 0 Å². The van der Waals surface area contributed by atoms with Crippen molar-refractivity contribution < 1.29 is 9.18 Å². The van der Waals surface area contributed by atoms with E-state index in [1.54, 1.807) is 12.1 Å². The van der Waals surface area contributed by atoms with Crippen molar-refractivity contribution >= 4 is 5.78 Å². The van der Waals surface area contributed by atoms with Crippen molar-refractivity contribution in [1.82, 2.24) is 4.90 Å². The van der Waals surface area contributed by atoms with Gasteiger partial charge in [0.05, 0.1) is 5.92 Å². The summed E-state index contributed by atoms with van der Waals surface area (Å²) in [5, 5.41) is 0. The van der Waals surface area contributed by atoms with Crippen LogP contribution >= 0.6 is 0 Å². The monoisotopic (exact) mass is 236 g/mol. The first-order valence-corrected chi connectivity index (χ1v) is 5.81. The molecule has 0 saturated carbocycles. The Balaban J connectivity index is 2.34. The number of nitrogens with zero attached hydrogens (tertiary/aromatic N) is 1. The van der Waals surface area contributed by atoms with E-state index >= 15 is 0 Å². The summed E-state index contributed by atoms with van der Waals surface area (Å²) in [4.78, 5) is 13.9. The highest BCUT2D eigenvalue weighted by atomic mass is 19.1. The highest BCUT2D eigenvalue weighted by molar-refractivity contribution is 5.87. The molecule has 2 N–H and O–H groups in total. The number of hydrogen-bond donors (Lipinski definition) is 1. The summed E-state index contributed by atoms with van der Waals surface area (Å²) < 4.78 is 13.8. The summed E-state index contributed by atoms with van der Waals surface area (Å²) >= 11 is 0. The minimum atomic E-state index is -0.347. The third kappa shape index (κ3) is 2.53. The minimum absolute atomic E-state index is 0.121. The zero-order valence-electron chi connectivity index (χ0n) is 9.95. The molecule has 1 aromatic carbocycles. The first kappa shape index (κ1) is 12.2. The van der Waals surface area contributed by atoms with Crippen LogP contribution in [0.5, 0.6) is 0 Å². The van der Waals surface area contributed by atoms with Gasteiger partial charge in [0.2, 0.25) is 0 Å². The van der Waals surface area contributed by atoms with E-state index in [9.17, 15) is 9.18 Å². The van der Waals surface area contributed by atoms with Crippen LogP contribution in [0.2, 0.25) is 0 Å². The Morgan fingerprint density at radius 2 is 2.29 bits per heavy atom. The van der Waals surface area contributed by atoms with Crippen molar-refractivity contribution in [2.45, 2.75) is 18.9 Å². The van der Waals surface area contributed by atoms with Crippen LogP contribution in [0.15, 0.2) is 18.2 Å². The number of halogens is 1. The van der Waals surface area contributed by atoms with Gasteiger partial charge in [0.1, 0.15) is 11.6 Å². The maximum absolute atomic E-state index is 13.8. The maximum atomic E-state index is 13.8. The van der Waals surface area contributed by atoms with Crippen LogP contribution in [0.3, 0.4) is 0 Å². The smallest absolute Gasteiger partial charge is 0.143 e. The minimum Gasteiger partial charge on any atom is -0.326 e. The molecule has 17 heavy (non-hydrogen) atoms. The molecule has 1 heterocycles. The number of carbonyl (C=O) groups excluding carboxylic acids is 1. The summed E-state index contributed by atoms with van der Waals surface area (Å²) in [5.41, 5.74) is 6.90. The van der Waals surface area contributed by atoms with Crippen LogP contribution in [-0.2, 0) is 11.3 Å². The zero-order chi connectivity index (χ0) is 12.4. The highest BCUT2D eigenvalue weighted by Crippen LogP contribution is 2.26. The predicted octanol–water partition coefficient (Wildman–Crippen LogP) is 1.27. The number of nitrogens with two attached hydrogens (primary N) is 1. The highest BCUT2D eigenvalue weighted by Gasteiger charge is 2.28. The van der Waals surface area contributed by atoms with Gasteiger partial charge in [-0.3, -0.25) is 4.79 Å². The molecule has 0 spiro atoms. The number of ketones is 1. The van der Waals surface area contributed by atoms with Crippen LogP contribution in [0, 0.1) is 5.82 Å². The lowest BCUT2D eigenvalue weighted by atomic mass is 9.88. The van der Waals surface area contributed by atoms with Gasteiger partial charge in [-0.15, -0.1) is 0 Å². The lowest BCUT2D eigenvalue weighted by molar-refractivity contribution is -0.123.